The first-order valence-electron chi connectivity index (χ1n) is 5.22. The Labute approximate surface area is 107 Å². The largest absolute Gasteiger partial charge is 0.491 e. The molecule has 1 aromatic rings. The van der Waals surface area contributed by atoms with E-state index in [1.54, 1.807) is 32.0 Å². The van der Waals surface area contributed by atoms with Gasteiger partial charge in [-0.3, -0.25) is 0 Å². The zero-order valence-electron chi connectivity index (χ0n) is 9.81. The van der Waals surface area contributed by atoms with Crippen LogP contribution in [0.2, 0.25) is 5.02 Å². The molecule has 96 valence electrons. The predicted molar refractivity (Wildman–Crippen MR) is 70.3 cm³/mol. The van der Waals surface area contributed by atoms with Gasteiger partial charge in [-0.2, -0.15) is 0 Å². The molecule has 0 saturated heterocycles. The zero-order chi connectivity index (χ0) is 13.1. The van der Waals surface area contributed by atoms with Crippen LogP contribution in [0.1, 0.15) is 13.8 Å². The monoisotopic (exact) mass is 277 g/mol. The molecule has 0 aliphatic rings. The van der Waals surface area contributed by atoms with Crippen LogP contribution in [0.4, 0.5) is 5.69 Å². The fraction of sp³-hybridized carbons (Fsp3) is 0.455. The number of nitrogens with two attached hydrogens (primary N) is 1. The van der Waals surface area contributed by atoms with E-state index in [9.17, 15) is 8.42 Å². The lowest BCUT2D eigenvalue weighted by atomic mass is 10.3. The number of sulfone groups is 1. The second kappa shape index (κ2) is 5.60. The molecule has 0 aliphatic heterocycles. The molecule has 1 rings (SSSR count). The maximum absolute atomic E-state index is 11.5. The quantitative estimate of drug-likeness (QED) is 0.837. The topological polar surface area (TPSA) is 69.4 Å². The molecule has 0 amide bonds. The first-order valence-corrected chi connectivity index (χ1v) is 7.31. The molecular formula is C11H16ClNO3S. The van der Waals surface area contributed by atoms with E-state index in [2.05, 4.69) is 0 Å². The average Bonchev–Trinajstić information content (AvgIpc) is 2.21. The molecule has 6 heteroatoms. The fourth-order valence-corrected chi connectivity index (χ4v) is 2.17. The lowest BCUT2D eigenvalue weighted by Crippen LogP contribution is -2.22. The van der Waals surface area contributed by atoms with Crippen molar-refractivity contribution in [3.05, 3.63) is 23.2 Å². The third kappa shape index (κ3) is 4.09. The Bertz CT molecular complexity index is 485. The van der Waals surface area contributed by atoms with Crippen molar-refractivity contribution in [2.45, 2.75) is 19.1 Å². The highest BCUT2D eigenvalue weighted by atomic mass is 35.5. The first kappa shape index (κ1) is 14.1. The lowest BCUT2D eigenvalue weighted by Gasteiger charge is -2.10. The number of hydrogen-bond acceptors (Lipinski definition) is 4. The van der Waals surface area contributed by atoms with E-state index in [4.69, 9.17) is 22.1 Å². The van der Waals surface area contributed by atoms with Crippen molar-refractivity contribution in [1.82, 2.24) is 0 Å². The van der Waals surface area contributed by atoms with Gasteiger partial charge < -0.3 is 10.5 Å². The van der Waals surface area contributed by atoms with Crippen LogP contribution in [0.5, 0.6) is 5.75 Å². The Balaban J connectivity index is 2.58. The van der Waals surface area contributed by atoms with Gasteiger partial charge in [0.15, 0.2) is 9.84 Å². The molecule has 0 spiro atoms. The molecule has 0 radical (unpaired) electrons. The Kier molecular flexibility index (Phi) is 4.65. The van der Waals surface area contributed by atoms with Crippen LogP contribution in [-0.4, -0.2) is 26.0 Å². The molecule has 0 atom stereocenters. The van der Waals surface area contributed by atoms with Crippen LogP contribution in [0, 0.1) is 0 Å². The van der Waals surface area contributed by atoms with Crippen molar-refractivity contribution >= 4 is 27.1 Å². The lowest BCUT2D eigenvalue weighted by molar-refractivity contribution is 0.341. The summed E-state index contributed by atoms with van der Waals surface area (Å²) < 4.78 is 28.4. The summed E-state index contributed by atoms with van der Waals surface area (Å²) in [5.41, 5.74) is 6.07. The van der Waals surface area contributed by atoms with Crippen LogP contribution in [0.3, 0.4) is 0 Å². The summed E-state index contributed by atoms with van der Waals surface area (Å²) in [6.07, 6.45) is 0. The zero-order valence-corrected chi connectivity index (χ0v) is 11.4. The average molecular weight is 278 g/mol. The normalized spacial score (nSPS) is 11.8. The molecule has 0 unspecified atom stereocenters. The highest BCUT2D eigenvalue weighted by Gasteiger charge is 2.16. The number of nitrogen functional groups attached to an aromatic ring is 1. The molecule has 0 saturated carbocycles. The first-order chi connectivity index (χ1) is 7.83. The molecule has 17 heavy (non-hydrogen) atoms. The van der Waals surface area contributed by atoms with E-state index in [-0.39, 0.29) is 12.4 Å². The predicted octanol–water partition coefficient (Wildman–Crippen LogP) is 2.12. The Morgan fingerprint density at radius 3 is 2.59 bits per heavy atom. The number of hydrogen-bond donors (Lipinski definition) is 1. The van der Waals surface area contributed by atoms with Gasteiger partial charge in [0.1, 0.15) is 12.4 Å². The second-order valence-corrected chi connectivity index (χ2v) is 7.04. The van der Waals surface area contributed by atoms with Crippen molar-refractivity contribution < 1.29 is 13.2 Å². The number of ether oxygens (including phenoxy) is 1. The number of halogens is 1. The number of anilines is 1. The van der Waals surface area contributed by atoms with E-state index in [0.717, 1.165) is 0 Å². The van der Waals surface area contributed by atoms with E-state index in [0.29, 0.717) is 16.5 Å². The Morgan fingerprint density at radius 2 is 2.06 bits per heavy atom. The van der Waals surface area contributed by atoms with Crippen LogP contribution in [-0.2, 0) is 9.84 Å². The second-order valence-electron chi connectivity index (χ2n) is 3.95. The van der Waals surface area contributed by atoms with Gasteiger partial charge in [-0.1, -0.05) is 11.6 Å². The minimum atomic E-state index is -3.08. The highest BCUT2D eigenvalue weighted by Crippen LogP contribution is 2.26. The molecule has 4 nitrogen and oxygen atoms in total. The van der Waals surface area contributed by atoms with Gasteiger partial charge >= 0.3 is 0 Å². The molecule has 2 N–H and O–H groups in total. The van der Waals surface area contributed by atoms with Crippen molar-refractivity contribution in [2.24, 2.45) is 0 Å². The maximum Gasteiger partial charge on any atom is 0.155 e. The summed E-state index contributed by atoms with van der Waals surface area (Å²) in [7, 11) is -3.08. The summed E-state index contributed by atoms with van der Waals surface area (Å²) in [6.45, 7) is 3.38. The Hall–Kier alpha value is -0.940. The van der Waals surface area contributed by atoms with Gasteiger partial charge in [0, 0.05) is 5.69 Å². The maximum atomic E-state index is 11.5. The van der Waals surface area contributed by atoms with Crippen molar-refractivity contribution in [2.75, 3.05) is 18.1 Å². The van der Waals surface area contributed by atoms with E-state index < -0.39 is 15.1 Å². The molecule has 0 aromatic heterocycles. The summed E-state index contributed by atoms with van der Waals surface area (Å²) in [6, 6.07) is 4.84. The third-order valence-electron chi connectivity index (χ3n) is 2.30. The molecule has 1 aromatic carbocycles. The van der Waals surface area contributed by atoms with Gasteiger partial charge in [0.25, 0.3) is 0 Å². The van der Waals surface area contributed by atoms with Gasteiger partial charge in [-0.15, -0.1) is 0 Å². The SMILES string of the molecule is CC(C)S(=O)(=O)CCOc1ccc(N)cc1Cl. The van der Waals surface area contributed by atoms with Crippen LogP contribution in [0.25, 0.3) is 0 Å². The third-order valence-corrected chi connectivity index (χ3v) is 4.77. The molecule has 0 aliphatic carbocycles. The highest BCUT2D eigenvalue weighted by molar-refractivity contribution is 7.91. The molecule has 0 bridgehead atoms. The molecule has 0 heterocycles. The summed E-state index contributed by atoms with van der Waals surface area (Å²) in [5, 5.41) is -0.0139. The standard InChI is InChI=1S/C11H16ClNO3S/c1-8(2)17(14,15)6-5-16-11-4-3-9(13)7-10(11)12/h3-4,7-8H,5-6,13H2,1-2H3. The van der Waals surface area contributed by atoms with Crippen LogP contribution >= 0.6 is 11.6 Å². The van der Waals surface area contributed by atoms with Gasteiger partial charge in [0.2, 0.25) is 0 Å². The van der Waals surface area contributed by atoms with E-state index in [1.807, 2.05) is 0 Å². The van der Waals surface area contributed by atoms with Crippen molar-refractivity contribution in [1.29, 1.82) is 0 Å². The summed E-state index contributed by atoms with van der Waals surface area (Å²) in [4.78, 5) is 0. The van der Waals surface area contributed by atoms with Gasteiger partial charge in [-0.25, -0.2) is 8.42 Å². The van der Waals surface area contributed by atoms with E-state index in [1.165, 1.54) is 0 Å². The van der Waals surface area contributed by atoms with Crippen LogP contribution in [0.15, 0.2) is 18.2 Å². The summed E-state index contributed by atoms with van der Waals surface area (Å²) >= 11 is 5.89. The summed E-state index contributed by atoms with van der Waals surface area (Å²) in [5.74, 6) is 0.422. The minimum Gasteiger partial charge on any atom is -0.491 e. The smallest absolute Gasteiger partial charge is 0.155 e. The minimum absolute atomic E-state index is 0.0224. The van der Waals surface area contributed by atoms with Gasteiger partial charge in [-0.05, 0) is 32.0 Å². The number of rotatable bonds is 5. The van der Waals surface area contributed by atoms with Gasteiger partial charge in [0.05, 0.1) is 16.0 Å². The van der Waals surface area contributed by atoms with Crippen molar-refractivity contribution in [3.8, 4) is 5.75 Å². The van der Waals surface area contributed by atoms with Crippen LogP contribution < -0.4 is 10.5 Å². The molecule has 0 fully saturated rings. The Morgan fingerprint density at radius 1 is 1.41 bits per heavy atom. The number of benzene rings is 1. The molecular weight excluding hydrogens is 262 g/mol. The van der Waals surface area contributed by atoms with E-state index >= 15 is 0 Å². The van der Waals surface area contributed by atoms with Crippen molar-refractivity contribution in [3.63, 3.8) is 0 Å². The fourth-order valence-electron chi connectivity index (χ4n) is 1.14.